The van der Waals surface area contributed by atoms with Gasteiger partial charge in [0.1, 0.15) is 23.1 Å². The van der Waals surface area contributed by atoms with Crippen molar-refractivity contribution in [2.24, 2.45) is 0 Å². The van der Waals surface area contributed by atoms with E-state index >= 15 is 0 Å². The zero-order valence-corrected chi connectivity index (χ0v) is 13.5. The van der Waals surface area contributed by atoms with E-state index in [-0.39, 0.29) is 28.5 Å². The summed E-state index contributed by atoms with van der Waals surface area (Å²) in [6.45, 7) is 5.80. The highest BCUT2D eigenvalue weighted by molar-refractivity contribution is 6.15. The van der Waals surface area contributed by atoms with E-state index in [0.29, 0.717) is 10.9 Å². The van der Waals surface area contributed by atoms with Crippen molar-refractivity contribution in [2.75, 3.05) is 6.61 Å². The minimum Gasteiger partial charge on any atom is -0.489 e. The fourth-order valence-corrected chi connectivity index (χ4v) is 2.77. The lowest BCUT2D eigenvalue weighted by Crippen LogP contribution is -2.10. The highest BCUT2D eigenvalue weighted by Gasteiger charge is 2.22. The lowest BCUT2D eigenvalue weighted by Gasteiger charge is -2.13. The highest BCUT2D eigenvalue weighted by atomic mass is 16.5. The standard InChI is InChI=1S/C18H16O6/c1-8(2)4-5-23-12-7-11(20)15-16-13(12)9(3)6-10(19)14(16)17(21)24-18(15)22/h4,6-7,21-22H,5H2,1-3H3. The Labute approximate surface area is 136 Å². The first-order valence-electron chi connectivity index (χ1n) is 7.36. The van der Waals surface area contributed by atoms with Crippen molar-refractivity contribution in [2.45, 2.75) is 20.8 Å². The van der Waals surface area contributed by atoms with E-state index in [1.165, 1.54) is 12.1 Å². The van der Waals surface area contributed by atoms with Crippen LogP contribution in [0.15, 0.2) is 37.8 Å². The van der Waals surface area contributed by atoms with Gasteiger partial charge in [0.25, 0.3) is 11.9 Å². The molecule has 0 spiro atoms. The molecule has 3 rings (SSSR count). The van der Waals surface area contributed by atoms with Gasteiger partial charge in [-0.3, -0.25) is 9.59 Å². The van der Waals surface area contributed by atoms with Crippen LogP contribution in [0, 0.1) is 6.92 Å². The van der Waals surface area contributed by atoms with Gasteiger partial charge in [0.05, 0.1) is 0 Å². The van der Waals surface area contributed by atoms with Crippen LogP contribution in [0.25, 0.3) is 21.5 Å². The van der Waals surface area contributed by atoms with Crippen molar-refractivity contribution < 1.29 is 19.4 Å². The third-order valence-corrected chi connectivity index (χ3v) is 3.84. The molecule has 0 aliphatic carbocycles. The molecule has 2 aromatic carbocycles. The zero-order chi connectivity index (χ0) is 17.6. The maximum absolute atomic E-state index is 12.4. The average Bonchev–Trinajstić information content (AvgIpc) is 2.45. The minimum absolute atomic E-state index is 0.145. The van der Waals surface area contributed by atoms with Crippen LogP contribution in [0.3, 0.4) is 0 Å². The summed E-state index contributed by atoms with van der Waals surface area (Å²) in [5.74, 6) is -1.16. The third-order valence-electron chi connectivity index (χ3n) is 3.84. The topological polar surface area (TPSA) is 97.0 Å². The molecule has 0 saturated heterocycles. The second-order valence-corrected chi connectivity index (χ2v) is 5.87. The van der Waals surface area contributed by atoms with E-state index in [1.54, 1.807) is 6.92 Å². The van der Waals surface area contributed by atoms with Crippen LogP contribution in [-0.2, 0) is 0 Å². The van der Waals surface area contributed by atoms with Crippen LogP contribution in [0.5, 0.6) is 17.6 Å². The summed E-state index contributed by atoms with van der Waals surface area (Å²) in [5.41, 5.74) is 0.594. The summed E-state index contributed by atoms with van der Waals surface area (Å²) in [4.78, 5) is 24.6. The van der Waals surface area contributed by atoms with Crippen LogP contribution in [0.4, 0.5) is 0 Å². The smallest absolute Gasteiger partial charge is 0.296 e. The summed E-state index contributed by atoms with van der Waals surface area (Å²) in [7, 11) is 0. The first-order chi connectivity index (χ1) is 11.3. The molecule has 124 valence electrons. The predicted octanol–water partition coefficient (Wildman–Crippen LogP) is 2.81. The van der Waals surface area contributed by atoms with Gasteiger partial charge >= 0.3 is 0 Å². The molecule has 1 aromatic heterocycles. The van der Waals surface area contributed by atoms with Crippen LogP contribution in [0.2, 0.25) is 0 Å². The molecule has 24 heavy (non-hydrogen) atoms. The molecule has 0 fully saturated rings. The molecule has 6 heteroatoms. The normalized spacial score (nSPS) is 11.1. The van der Waals surface area contributed by atoms with Crippen LogP contribution in [-0.4, -0.2) is 16.8 Å². The summed E-state index contributed by atoms with van der Waals surface area (Å²) in [6, 6.07) is 2.58. The van der Waals surface area contributed by atoms with Gasteiger partial charge in [0.15, 0.2) is 10.9 Å². The SMILES string of the molecule is CC(C)=CCOc1cc(=O)c2c(O)oc(O)c3c(=O)cc(C)c1c32. The largest absolute Gasteiger partial charge is 0.489 e. The van der Waals surface area contributed by atoms with Crippen molar-refractivity contribution in [3.8, 4) is 17.6 Å². The molecule has 6 nitrogen and oxygen atoms in total. The summed E-state index contributed by atoms with van der Waals surface area (Å²) in [6.07, 6.45) is 1.85. The van der Waals surface area contributed by atoms with Crippen LogP contribution >= 0.6 is 0 Å². The number of rotatable bonds is 3. The lowest BCUT2D eigenvalue weighted by molar-refractivity contribution is 0.262. The molecule has 0 atom stereocenters. The van der Waals surface area contributed by atoms with Gasteiger partial charge in [0.2, 0.25) is 0 Å². The number of aryl methyl sites for hydroxylation is 1. The average molecular weight is 328 g/mol. The molecule has 3 aromatic rings. The van der Waals surface area contributed by atoms with E-state index in [1.807, 2.05) is 19.9 Å². The molecule has 0 bridgehead atoms. The molecule has 0 saturated carbocycles. The Morgan fingerprint density at radius 1 is 1.04 bits per heavy atom. The van der Waals surface area contributed by atoms with Gasteiger partial charge in [0, 0.05) is 16.8 Å². The molecular weight excluding hydrogens is 312 g/mol. The monoisotopic (exact) mass is 328 g/mol. The van der Waals surface area contributed by atoms with Crippen molar-refractivity contribution in [1.29, 1.82) is 0 Å². The second kappa shape index (κ2) is 5.56. The van der Waals surface area contributed by atoms with Gasteiger partial charge in [-0.05, 0) is 38.5 Å². The molecule has 0 aliphatic rings. The first kappa shape index (κ1) is 15.9. The van der Waals surface area contributed by atoms with Gasteiger partial charge in [-0.15, -0.1) is 0 Å². The Morgan fingerprint density at radius 3 is 2.21 bits per heavy atom. The molecule has 0 radical (unpaired) electrons. The van der Waals surface area contributed by atoms with Crippen LogP contribution < -0.4 is 15.6 Å². The van der Waals surface area contributed by atoms with Gasteiger partial charge in [-0.1, -0.05) is 5.57 Å². The summed E-state index contributed by atoms with van der Waals surface area (Å²) < 4.78 is 10.4. The summed E-state index contributed by atoms with van der Waals surface area (Å²) >= 11 is 0. The van der Waals surface area contributed by atoms with E-state index in [2.05, 4.69) is 0 Å². The maximum Gasteiger partial charge on any atom is 0.296 e. The molecule has 2 N–H and O–H groups in total. The number of hydrogen-bond acceptors (Lipinski definition) is 6. The molecule has 1 heterocycles. The van der Waals surface area contributed by atoms with Crippen molar-refractivity contribution in [3.05, 3.63) is 49.8 Å². The molecular formula is C18H16O6. The quantitative estimate of drug-likeness (QED) is 0.718. The predicted molar refractivity (Wildman–Crippen MR) is 90.4 cm³/mol. The van der Waals surface area contributed by atoms with Crippen LogP contribution in [0.1, 0.15) is 19.4 Å². The van der Waals surface area contributed by atoms with Crippen molar-refractivity contribution in [3.63, 3.8) is 0 Å². The Hall–Kier alpha value is -3.02. The second-order valence-electron chi connectivity index (χ2n) is 5.87. The fourth-order valence-electron chi connectivity index (χ4n) is 2.77. The Kier molecular flexibility index (Phi) is 3.67. The number of allylic oxidation sites excluding steroid dienone is 1. The maximum atomic E-state index is 12.4. The van der Waals surface area contributed by atoms with Gasteiger partial charge in [-0.2, -0.15) is 0 Å². The fraction of sp³-hybridized carbons (Fsp3) is 0.222. The van der Waals surface area contributed by atoms with Gasteiger partial charge < -0.3 is 19.4 Å². The number of hydrogen-bond donors (Lipinski definition) is 2. The van der Waals surface area contributed by atoms with Gasteiger partial charge in [-0.25, -0.2) is 0 Å². The molecule has 0 amide bonds. The van der Waals surface area contributed by atoms with E-state index in [4.69, 9.17) is 9.15 Å². The Morgan fingerprint density at radius 2 is 1.62 bits per heavy atom. The van der Waals surface area contributed by atoms with Crippen molar-refractivity contribution >= 4 is 21.5 Å². The number of benzene rings is 2. The first-order valence-corrected chi connectivity index (χ1v) is 7.36. The van der Waals surface area contributed by atoms with E-state index < -0.39 is 22.8 Å². The zero-order valence-electron chi connectivity index (χ0n) is 13.5. The molecule has 0 unspecified atom stereocenters. The molecule has 0 aliphatic heterocycles. The van der Waals surface area contributed by atoms with E-state index in [9.17, 15) is 19.8 Å². The lowest BCUT2D eigenvalue weighted by atomic mass is 9.97. The Balaban J connectivity index is 2.46. The third kappa shape index (κ3) is 2.36. The number of ether oxygens (including phenoxy) is 1. The minimum atomic E-state index is -0.726. The number of aromatic hydroxyl groups is 2. The summed E-state index contributed by atoms with van der Waals surface area (Å²) in [5, 5.41) is 20.2. The van der Waals surface area contributed by atoms with E-state index in [0.717, 1.165) is 5.57 Å². The van der Waals surface area contributed by atoms with Crippen molar-refractivity contribution in [1.82, 2.24) is 0 Å². The highest BCUT2D eigenvalue weighted by Crippen LogP contribution is 2.39. The Bertz CT molecular complexity index is 1070.